The maximum absolute atomic E-state index is 13.1. The molecule has 1 saturated carbocycles. The van der Waals surface area contributed by atoms with E-state index in [-0.39, 0.29) is 5.91 Å². The van der Waals surface area contributed by atoms with Crippen LogP contribution in [0.4, 0.5) is 17.5 Å². The molecule has 4 heterocycles. The standard InChI is InChI=1S/C26H29N7O3/c27-14-16-15-28-23-20(16)24(29-17-6-2-1-3-7-17)32-26(31-23)30-19-9-8-18(21-22(19)36-13-12-35-21)25(34)33-10-4-5-11-33/h8-9,15,17H,1-7,10-13H2,(H3,28,29,30,31,32). The van der Waals surface area contributed by atoms with Crippen LogP contribution in [-0.2, 0) is 0 Å². The Morgan fingerprint density at radius 1 is 1.06 bits per heavy atom. The number of aromatic nitrogens is 3. The highest BCUT2D eigenvalue weighted by Gasteiger charge is 2.29. The molecule has 0 unspecified atom stereocenters. The second-order valence-corrected chi connectivity index (χ2v) is 9.55. The van der Waals surface area contributed by atoms with E-state index in [9.17, 15) is 10.1 Å². The summed E-state index contributed by atoms with van der Waals surface area (Å²) in [6.07, 6.45) is 9.47. The number of H-pyrrole nitrogens is 1. The summed E-state index contributed by atoms with van der Waals surface area (Å²) in [5, 5.41) is 17.1. The molecular formula is C26H29N7O3. The first-order valence-electron chi connectivity index (χ1n) is 12.8. The summed E-state index contributed by atoms with van der Waals surface area (Å²) in [5.74, 6) is 1.91. The predicted octanol–water partition coefficient (Wildman–Crippen LogP) is 4.32. The second kappa shape index (κ2) is 9.57. The average molecular weight is 488 g/mol. The van der Waals surface area contributed by atoms with Gasteiger partial charge in [0.05, 0.1) is 22.2 Å². The summed E-state index contributed by atoms with van der Waals surface area (Å²) >= 11 is 0. The Hall–Kier alpha value is -4.00. The topological polar surface area (TPSA) is 128 Å². The Balaban J connectivity index is 1.35. The number of anilines is 3. The summed E-state index contributed by atoms with van der Waals surface area (Å²) in [4.78, 5) is 27.5. The smallest absolute Gasteiger partial charge is 0.257 e. The number of nitriles is 1. The van der Waals surface area contributed by atoms with Gasteiger partial charge in [-0.05, 0) is 37.8 Å². The van der Waals surface area contributed by atoms with Crippen LogP contribution in [0, 0.1) is 11.3 Å². The Morgan fingerprint density at radius 2 is 1.83 bits per heavy atom. The lowest BCUT2D eigenvalue weighted by Crippen LogP contribution is -2.29. The summed E-state index contributed by atoms with van der Waals surface area (Å²) < 4.78 is 11.9. The fourth-order valence-electron chi connectivity index (χ4n) is 5.34. The van der Waals surface area contributed by atoms with Gasteiger partial charge in [0.25, 0.3) is 5.91 Å². The highest BCUT2D eigenvalue weighted by molar-refractivity contribution is 5.99. The molecular weight excluding hydrogens is 458 g/mol. The molecule has 1 amide bonds. The second-order valence-electron chi connectivity index (χ2n) is 9.55. The van der Waals surface area contributed by atoms with Gasteiger partial charge in [-0.2, -0.15) is 15.2 Å². The highest BCUT2D eigenvalue weighted by atomic mass is 16.6. The number of nitrogens with zero attached hydrogens (tertiary/aromatic N) is 4. The first-order chi connectivity index (χ1) is 17.7. The first kappa shape index (κ1) is 22.5. The van der Waals surface area contributed by atoms with Crippen LogP contribution in [0.1, 0.15) is 60.9 Å². The lowest BCUT2D eigenvalue weighted by molar-refractivity contribution is 0.0782. The molecule has 2 aromatic heterocycles. The molecule has 10 nitrogen and oxygen atoms in total. The third kappa shape index (κ3) is 4.15. The number of likely N-dealkylation sites (tertiary alicyclic amines) is 1. The molecule has 3 aromatic rings. The molecule has 3 aliphatic rings. The van der Waals surface area contributed by atoms with Gasteiger partial charge in [0.1, 0.15) is 30.7 Å². The van der Waals surface area contributed by atoms with E-state index < -0.39 is 0 Å². The van der Waals surface area contributed by atoms with Gasteiger partial charge in [-0.15, -0.1) is 0 Å². The number of carbonyl (C=O) groups excluding carboxylic acids is 1. The van der Waals surface area contributed by atoms with Crippen LogP contribution < -0.4 is 20.1 Å². The minimum atomic E-state index is -0.0344. The number of nitrogens with one attached hydrogen (secondary N) is 3. The van der Waals surface area contributed by atoms with Gasteiger partial charge in [0.2, 0.25) is 5.95 Å². The van der Waals surface area contributed by atoms with Crippen molar-refractivity contribution in [2.45, 2.75) is 51.0 Å². The zero-order valence-electron chi connectivity index (χ0n) is 20.1. The zero-order valence-corrected chi connectivity index (χ0v) is 20.1. The van der Waals surface area contributed by atoms with Crippen molar-refractivity contribution in [1.29, 1.82) is 5.26 Å². The van der Waals surface area contributed by atoms with Crippen LogP contribution in [0.15, 0.2) is 18.3 Å². The molecule has 186 valence electrons. The van der Waals surface area contributed by atoms with Gasteiger partial charge >= 0.3 is 0 Å². The van der Waals surface area contributed by atoms with E-state index in [2.05, 4.69) is 26.7 Å². The van der Waals surface area contributed by atoms with Crippen molar-refractivity contribution in [3.63, 3.8) is 0 Å². The minimum absolute atomic E-state index is 0.0344. The highest BCUT2D eigenvalue weighted by Crippen LogP contribution is 2.42. The monoisotopic (exact) mass is 487 g/mol. The molecule has 1 aliphatic carbocycles. The summed E-state index contributed by atoms with van der Waals surface area (Å²) in [7, 11) is 0. The summed E-state index contributed by atoms with van der Waals surface area (Å²) in [6, 6.07) is 6.14. The number of amides is 1. The lowest BCUT2D eigenvalue weighted by atomic mass is 9.95. The van der Waals surface area contributed by atoms with E-state index >= 15 is 0 Å². The van der Waals surface area contributed by atoms with Crippen molar-refractivity contribution in [3.05, 3.63) is 29.5 Å². The largest absolute Gasteiger partial charge is 0.485 e. The van der Waals surface area contributed by atoms with Crippen LogP contribution in [0.5, 0.6) is 11.5 Å². The maximum Gasteiger partial charge on any atom is 0.257 e. The number of rotatable bonds is 5. The van der Waals surface area contributed by atoms with Crippen molar-refractivity contribution < 1.29 is 14.3 Å². The quantitative estimate of drug-likeness (QED) is 0.485. The fourth-order valence-corrected chi connectivity index (χ4v) is 5.34. The zero-order chi connectivity index (χ0) is 24.5. The Morgan fingerprint density at radius 3 is 2.61 bits per heavy atom. The number of carbonyl (C=O) groups is 1. The van der Waals surface area contributed by atoms with Gasteiger partial charge in [0, 0.05) is 25.3 Å². The van der Waals surface area contributed by atoms with Crippen molar-refractivity contribution in [2.75, 3.05) is 36.9 Å². The first-order valence-corrected chi connectivity index (χ1v) is 12.8. The number of aromatic amines is 1. The Kier molecular flexibility index (Phi) is 5.97. The molecule has 2 fully saturated rings. The summed E-state index contributed by atoms with van der Waals surface area (Å²) in [6.45, 7) is 2.30. The molecule has 0 bridgehead atoms. The molecule has 6 rings (SSSR count). The molecule has 10 heteroatoms. The van der Waals surface area contributed by atoms with E-state index in [4.69, 9.17) is 14.5 Å². The fraction of sp³-hybridized carbons (Fsp3) is 0.462. The third-order valence-electron chi connectivity index (χ3n) is 7.16. The number of hydrogen-bond acceptors (Lipinski definition) is 8. The van der Waals surface area contributed by atoms with Gasteiger partial charge in [0.15, 0.2) is 11.5 Å². The molecule has 1 aromatic carbocycles. The van der Waals surface area contributed by atoms with Crippen LogP contribution in [0.25, 0.3) is 11.0 Å². The van der Waals surface area contributed by atoms with Crippen molar-refractivity contribution in [3.8, 4) is 17.6 Å². The van der Waals surface area contributed by atoms with Crippen molar-refractivity contribution >= 4 is 34.4 Å². The SMILES string of the molecule is N#Cc1c[nH]c2nc(Nc3ccc(C(=O)N4CCCC4)c4c3OCCO4)nc(NC3CCCCC3)c12. The van der Waals surface area contributed by atoms with Crippen molar-refractivity contribution in [2.24, 2.45) is 0 Å². The van der Waals surface area contributed by atoms with E-state index in [0.29, 0.717) is 70.4 Å². The molecule has 0 radical (unpaired) electrons. The van der Waals surface area contributed by atoms with Crippen LogP contribution in [0.2, 0.25) is 0 Å². The van der Waals surface area contributed by atoms with Crippen LogP contribution >= 0.6 is 0 Å². The number of ether oxygens (including phenoxy) is 2. The normalized spacial score (nSPS) is 17.7. The number of fused-ring (bicyclic) bond motifs is 2. The molecule has 36 heavy (non-hydrogen) atoms. The van der Waals surface area contributed by atoms with E-state index in [1.54, 1.807) is 12.3 Å². The predicted molar refractivity (Wildman–Crippen MR) is 135 cm³/mol. The molecule has 0 atom stereocenters. The minimum Gasteiger partial charge on any atom is -0.485 e. The lowest BCUT2D eigenvalue weighted by Gasteiger charge is -2.25. The van der Waals surface area contributed by atoms with Crippen LogP contribution in [0.3, 0.4) is 0 Å². The van der Waals surface area contributed by atoms with E-state index in [0.717, 1.165) is 38.8 Å². The Bertz CT molecular complexity index is 1330. The molecule has 1 saturated heterocycles. The molecule has 2 aliphatic heterocycles. The third-order valence-corrected chi connectivity index (χ3v) is 7.16. The van der Waals surface area contributed by atoms with Gasteiger partial charge < -0.3 is 30.0 Å². The van der Waals surface area contributed by atoms with Gasteiger partial charge in [-0.3, -0.25) is 4.79 Å². The molecule has 3 N–H and O–H groups in total. The number of hydrogen-bond donors (Lipinski definition) is 3. The number of benzene rings is 1. The van der Waals surface area contributed by atoms with Crippen LogP contribution in [-0.4, -0.2) is 58.1 Å². The molecule has 0 spiro atoms. The summed E-state index contributed by atoms with van der Waals surface area (Å²) in [5.41, 5.74) is 2.22. The average Bonchev–Trinajstić information content (AvgIpc) is 3.60. The van der Waals surface area contributed by atoms with Crippen molar-refractivity contribution in [1.82, 2.24) is 19.9 Å². The van der Waals surface area contributed by atoms with Gasteiger partial charge in [-0.25, -0.2) is 0 Å². The van der Waals surface area contributed by atoms with E-state index in [1.807, 2.05) is 11.0 Å². The van der Waals surface area contributed by atoms with E-state index in [1.165, 1.54) is 19.3 Å². The van der Waals surface area contributed by atoms with Gasteiger partial charge in [-0.1, -0.05) is 19.3 Å². The Labute approximate surface area is 209 Å². The maximum atomic E-state index is 13.1.